The summed E-state index contributed by atoms with van der Waals surface area (Å²) in [5.41, 5.74) is 5.76. The first-order valence-corrected chi connectivity index (χ1v) is 9.71. The average Bonchev–Trinajstić information content (AvgIpc) is 2.67. The maximum atomic E-state index is 13.5. The molecule has 158 valence electrons. The number of halogens is 1. The molecule has 0 unspecified atom stereocenters. The van der Waals surface area contributed by atoms with E-state index in [1.54, 1.807) is 32.9 Å². The van der Waals surface area contributed by atoms with Gasteiger partial charge in [0.1, 0.15) is 10.8 Å². The summed E-state index contributed by atoms with van der Waals surface area (Å²) >= 11 is 5.94. The van der Waals surface area contributed by atoms with Crippen molar-refractivity contribution in [3.05, 3.63) is 83.9 Å². The summed E-state index contributed by atoms with van der Waals surface area (Å²) in [6, 6.07) is 8.08. The molecule has 10 heteroatoms. The van der Waals surface area contributed by atoms with Crippen LogP contribution in [0.25, 0.3) is 0 Å². The first-order chi connectivity index (χ1) is 14.6. The number of benzene rings is 1. The molecule has 9 nitrogen and oxygen atoms in total. The number of rotatable bonds is 5. The van der Waals surface area contributed by atoms with Crippen molar-refractivity contribution in [3.8, 4) is 6.07 Å². The topological polar surface area (TPSA) is 148 Å². The van der Waals surface area contributed by atoms with Crippen molar-refractivity contribution in [2.45, 2.75) is 33.2 Å². The molecule has 3 N–H and O–H groups in total. The third kappa shape index (κ3) is 4.54. The predicted molar refractivity (Wildman–Crippen MR) is 115 cm³/mol. The number of hydrogen-bond acceptors (Lipinski definition) is 7. The number of nitrogens with two attached hydrogens (primary N) is 1. The van der Waals surface area contributed by atoms with Crippen LogP contribution in [0.5, 0.6) is 0 Å². The van der Waals surface area contributed by atoms with E-state index in [9.17, 15) is 19.6 Å². The van der Waals surface area contributed by atoms with E-state index in [-0.39, 0.29) is 46.1 Å². The Morgan fingerprint density at radius 1 is 1.26 bits per heavy atom. The number of H-pyrrole nitrogens is 1. The van der Waals surface area contributed by atoms with E-state index in [1.165, 1.54) is 12.1 Å². The van der Waals surface area contributed by atoms with Gasteiger partial charge >= 0.3 is 5.69 Å². The normalized spacial score (nSPS) is 10.8. The van der Waals surface area contributed by atoms with Gasteiger partial charge in [-0.2, -0.15) is 5.26 Å². The van der Waals surface area contributed by atoms with Crippen LogP contribution in [0, 0.1) is 18.3 Å². The van der Waals surface area contributed by atoms with E-state index >= 15 is 0 Å². The number of aromatic nitrogens is 4. The Morgan fingerprint density at radius 3 is 2.58 bits per heavy atom. The highest BCUT2D eigenvalue weighted by Crippen LogP contribution is 2.21. The van der Waals surface area contributed by atoms with Gasteiger partial charge in [0.2, 0.25) is 11.7 Å². The van der Waals surface area contributed by atoms with Crippen LogP contribution in [0.4, 0.5) is 5.95 Å². The molecule has 0 aliphatic heterocycles. The van der Waals surface area contributed by atoms with E-state index in [4.69, 9.17) is 17.3 Å². The van der Waals surface area contributed by atoms with Crippen LogP contribution in [-0.2, 0) is 6.54 Å². The average molecular weight is 439 g/mol. The van der Waals surface area contributed by atoms with Gasteiger partial charge in [-0.3, -0.25) is 19.1 Å². The largest absolute Gasteiger partial charge is 0.368 e. The van der Waals surface area contributed by atoms with Gasteiger partial charge in [0.05, 0.1) is 23.9 Å². The number of nitrogens with one attached hydrogen (secondary N) is 1. The van der Waals surface area contributed by atoms with Gasteiger partial charge < -0.3 is 5.73 Å². The molecule has 0 saturated carbocycles. The number of ketones is 1. The van der Waals surface area contributed by atoms with Crippen molar-refractivity contribution in [1.82, 2.24) is 19.5 Å². The van der Waals surface area contributed by atoms with Crippen LogP contribution in [0.1, 0.15) is 58.2 Å². The number of carbonyl (C=O) groups is 1. The van der Waals surface area contributed by atoms with Gasteiger partial charge in [-0.1, -0.05) is 25.4 Å². The second kappa shape index (κ2) is 8.53. The molecule has 31 heavy (non-hydrogen) atoms. The van der Waals surface area contributed by atoms with Crippen LogP contribution < -0.4 is 17.0 Å². The summed E-state index contributed by atoms with van der Waals surface area (Å²) < 4.78 is 1.13. The molecule has 0 aliphatic carbocycles. The Kier molecular flexibility index (Phi) is 6.04. The van der Waals surface area contributed by atoms with Crippen molar-refractivity contribution in [1.29, 1.82) is 5.26 Å². The zero-order chi connectivity index (χ0) is 22.9. The summed E-state index contributed by atoms with van der Waals surface area (Å²) in [6.45, 7) is 5.07. The highest BCUT2D eigenvalue weighted by Gasteiger charge is 2.25. The number of aryl methyl sites for hydroxylation is 1. The minimum absolute atomic E-state index is 0.0773. The summed E-state index contributed by atoms with van der Waals surface area (Å²) in [5.74, 6) is -1.01. The van der Waals surface area contributed by atoms with E-state index in [2.05, 4.69) is 15.0 Å². The fourth-order valence-corrected chi connectivity index (χ4v) is 3.57. The lowest BCUT2D eigenvalue weighted by atomic mass is 9.95. The summed E-state index contributed by atoms with van der Waals surface area (Å²) in [6.07, 6.45) is 0. The number of nitriles is 1. The molecule has 0 atom stereocenters. The van der Waals surface area contributed by atoms with Crippen LogP contribution >= 0.6 is 11.6 Å². The number of nitrogen functional groups attached to an aromatic ring is 1. The monoisotopic (exact) mass is 438 g/mol. The SMILES string of the molecule is Cc1cc(C#N)cc(C(=O)c2c(C(C)C)c(=O)[nH]c(=O)n2Cc2cc(Cl)nc(N)n2)c1. The van der Waals surface area contributed by atoms with Gasteiger partial charge in [0.25, 0.3) is 5.56 Å². The molecule has 1 aromatic carbocycles. The van der Waals surface area contributed by atoms with Gasteiger partial charge in [0, 0.05) is 11.1 Å². The smallest absolute Gasteiger partial charge is 0.329 e. The third-order valence-corrected chi connectivity index (χ3v) is 4.78. The number of carbonyl (C=O) groups excluding carboxylic acids is 1. The van der Waals surface area contributed by atoms with Crippen molar-refractivity contribution in [2.24, 2.45) is 0 Å². The maximum Gasteiger partial charge on any atom is 0.329 e. The van der Waals surface area contributed by atoms with Gasteiger partial charge in [-0.05, 0) is 42.7 Å². The molecule has 0 aliphatic rings. The minimum Gasteiger partial charge on any atom is -0.368 e. The number of aromatic amines is 1. The molecule has 3 aromatic rings. The Morgan fingerprint density at radius 2 is 1.97 bits per heavy atom. The van der Waals surface area contributed by atoms with Crippen molar-refractivity contribution in [3.63, 3.8) is 0 Å². The Balaban J connectivity index is 2.30. The number of nitrogens with zero attached hydrogens (tertiary/aromatic N) is 4. The second-order valence-corrected chi connectivity index (χ2v) is 7.72. The summed E-state index contributed by atoms with van der Waals surface area (Å²) in [4.78, 5) is 49.0. The molecule has 0 saturated heterocycles. The molecule has 0 amide bonds. The van der Waals surface area contributed by atoms with Crippen LogP contribution in [-0.4, -0.2) is 25.3 Å². The van der Waals surface area contributed by atoms with Crippen molar-refractivity contribution in [2.75, 3.05) is 5.73 Å². The fraction of sp³-hybridized carbons (Fsp3) is 0.238. The minimum atomic E-state index is -0.779. The summed E-state index contributed by atoms with van der Waals surface area (Å²) in [7, 11) is 0. The zero-order valence-corrected chi connectivity index (χ0v) is 17.8. The molecule has 0 fully saturated rings. The third-order valence-electron chi connectivity index (χ3n) is 4.58. The lowest BCUT2D eigenvalue weighted by Crippen LogP contribution is -2.38. The molecule has 0 bridgehead atoms. The van der Waals surface area contributed by atoms with E-state index < -0.39 is 17.0 Å². The molecule has 0 radical (unpaired) electrons. The quantitative estimate of drug-likeness (QED) is 0.458. The summed E-state index contributed by atoms with van der Waals surface area (Å²) in [5, 5.41) is 9.34. The zero-order valence-electron chi connectivity index (χ0n) is 17.1. The van der Waals surface area contributed by atoms with Gasteiger partial charge in [0.15, 0.2) is 0 Å². The number of anilines is 1. The van der Waals surface area contributed by atoms with E-state index in [0.29, 0.717) is 11.1 Å². The molecule has 2 aromatic heterocycles. The molecular weight excluding hydrogens is 420 g/mol. The highest BCUT2D eigenvalue weighted by molar-refractivity contribution is 6.29. The molecule has 2 heterocycles. The standard InChI is InChI=1S/C21H19ClN6O3/c1-10(2)16-17(18(29)13-5-11(3)4-12(6-13)8-23)28(21(31)27-19(16)30)9-14-7-15(22)26-20(24)25-14/h4-7,10H,9H2,1-3H3,(H2,24,25,26)(H,27,30,31). The molecular formula is C21H19ClN6O3. The predicted octanol–water partition coefficient (Wildman–Crippen LogP) is 2.14. The van der Waals surface area contributed by atoms with E-state index in [0.717, 1.165) is 4.57 Å². The molecule has 3 rings (SSSR count). The Bertz CT molecular complexity index is 1330. The molecule has 0 spiro atoms. The van der Waals surface area contributed by atoms with Gasteiger partial charge in [-0.25, -0.2) is 14.8 Å². The van der Waals surface area contributed by atoms with Crippen LogP contribution in [0.3, 0.4) is 0 Å². The maximum absolute atomic E-state index is 13.5. The first kappa shape index (κ1) is 21.9. The fourth-order valence-electron chi connectivity index (χ4n) is 3.36. The highest BCUT2D eigenvalue weighted by atomic mass is 35.5. The Hall–Kier alpha value is -3.77. The second-order valence-electron chi connectivity index (χ2n) is 7.33. The lowest BCUT2D eigenvalue weighted by molar-refractivity contribution is 0.102. The van der Waals surface area contributed by atoms with Crippen LogP contribution in [0.2, 0.25) is 5.15 Å². The van der Waals surface area contributed by atoms with Crippen molar-refractivity contribution >= 4 is 23.3 Å². The van der Waals surface area contributed by atoms with Crippen molar-refractivity contribution < 1.29 is 4.79 Å². The first-order valence-electron chi connectivity index (χ1n) is 9.33. The van der Waals surface area contributed by atoms with Gasteiger partial charge in [-0.15, -0.1) is 0 Å². The Labute approximate surface area is 182 Å². The van der Waals surface area contributed by atoms with E-state index in [1.807, 2.05) is 6.07 Å². The number of hydrogen-bond donors (Lipinski definition) is 2. The van der Waals surface area contributed by atoms with Crippen LogP contribution in [0.15, 0.2) is 33.9 Å². The lowest BCUT2D eigenvalue weighted by Gasteiger charge is -2.17.